The Morgan fingerprint density at radius 2 is 1.38 bits per heavy atom. The second-order valence-corrected chi connectivity index (χ2v) is 7.60. The number of hydrogen-bond donors (Lipinski definition) is 4. The van der Waals surface area contributed by atoms with Gasteiger partial charge in [0.1, 0.15) is 28.2 Å². The second kappa shape index (κ2) is 7.54. The Morgan fingerprint density at radius 1 is 0.828 bits per heavy atom. The first-order valence-electron chi connectivity index (χ1n) is 9.26. The van der Waals surface area contributed by atoms with Crippen LogP contribution in [0.1, 0.15) is 38.8 Å². The Labute approximate surface area is 167 Å². The molecule has 0 fully saturated rings. The molecule has 0 aliphatic heterocycles. The molecule has 0 aliphatic carbocycles. The van der Waals surface area contributed by atoms with Crippen molar-refractivity contribution in [1.82, 2.24) is 0 Å². The fraction of sp³-hybridized carbons (Fsp3) is 0.261. The number of aromatic hydroxyl groups is 4. The molecule has 0 radical (unpaired) electrons. The number of phenols is 4. The van der Waals surface area contributed by atoms with E-state index in [1.807, 2.05) is 39.8 Å². The Bertz CT molecular complexity index is 1240. The molecule has 0 unspecified atom stereocenters. The van der Waals surface area contributed by atoms with Gasteiger partial charge in [0.25, 0.3) is 0 Å². The topological polar surface area (TPSA) is 111 Å². The molecule has 3 aromatic rings. The molecule has 152 valence electrons. The van der Waals surface area contributed by atoms with Gasteiger partial charge in [-0.15, -0.1) is 0 Å². The van der Waals surface area contributed by atoms with Gasteiger partial charge in [-0.05, 0) is 40.5 Å². The minimum absolute atomic E-state index is 0.00153. The van der Waals surface area contributed by atoms with Crippen molar-refractivity contribution in [2.75, 3.05) is 0 Å². The monoisotopic (exact) mass is 396 g/mol. The van der Waals surface area contributed by atoms with Crippen molar-refractivity contribution in [1.29, 1.82) is 0 Å². The lowest BCUT2D eigenvalue weighted by molar-refractivity contribution is 0.438. The van der Waals surface area contributed by atoms with Crippen LogP contribution in [-0.2, 0) is 12.8 Å². The van der Waals surface area contributed by atoms with Crippen LogP contribution in [0.3, 0.4) is 0 Å². The molecule has 0 saturated heterocycles. The van der Waals surface area contributed by atoms with Crippen LogP contribution in [0, 0.1) is 0 Å². The number of allylic oxidation sites excluding steroid dienone is 4. The van der Waals surface area contributed by atoms with Gasteiger partial charge in [-0.2, -0.15) is 0 Å². The van der Waals surface area contributed by atoms with Crippen molar-refractivity contribution in [3.63, 3.8) is 0 Å². The third kappa shape index (κ3) is 3.66. The van der Waals surface area contributed by atoms with Crippen LogP contribution in [0.2, 0.25) is 0 Å². The highest BCUT2D eigenvalue weighted by atomic mass is 16.4. The lowest BCUT2D eigenvalue weighted by atomic mass is 9.98. The molecule has 0 spiro atoms. The molecule has 0 atom stereocenters. The van der Waals surface area contributed by atoms with Gasteiger partial charge in [0.2, 0.25) is 5.43 Å². The van der Waals surface area contributed by atoms with E-state index in [-0.39, 0.29) is 57.6 Å². The molecule has 1 aromatic heterocycles. The summed E-state index contributed by atoms with van der Waals surface area (Å²) in [4.78, 5) is 13.3. The second-order valence-electron chi connectivity index (χ2n) is 7.60. The largest absolute Gasteiger partial charge is 0.507 e. The summed E-state index contributed by atoms with van der Waals surface area (Å²) in [7, 11) is 0. The van der Waals surface area contributed by atoms with Crippen molar-refractivity contribution < 1.29 is 24.8 Å². The molecular weight excluding hydrogens is 372 g/mol. The van der Waals surface area contributed by atoms with Gasteiger partial charge < -0.3 is 24.8 Å². The van der Waals surface area contributed by atoms with Gasteiger partial charge in [0.15, 0.2) is 11.3 Å². The molecule has 4 N–H and O–H groups in total. The number of phenolic OH excluding ortho intramolecular Hbond substituents is 4. The zero-order valence-electron chi connectivity index (χ0n) is 16.8. The normalized spacial score (nSPS) is 11.0. The summed E-state index contributed by atoms with van der Waals surface area (Å²) in [6, 6.07) is 2.38. The minimum atomic E-state index is -0.583. The molecule has 6 nitrogen and oxygen atoms in total. The highest BCUT2D eigenvalue weighted by Gasteiger charge is 2.22. The average molecular weight is 396 g/mol. The Kier molecular flexibility index (Phi) is 5.29. The summed E-state index contributed by atoms with van der Waals surface area (Å²) >= 11 is 0. The third-order valence-electron chi connectivity index (χ3n) is 4.79. The van der Waals surface area contributed by atoms with E-state index in [1.54, 1.807) is 0 Å². The summed E-state index contributed by atoms with van der Waals surface area (Å²) in [6.07, 6.45) is 4.15. The van der Waals surface area contributed by atoms with Crippen LogP contribution in [0.5, 0.6) is 23.0 Å². The van der Waals surface area contributed by atoms with Crippen LogP contribution >= 0.6 is 0 Å². The predicted molar refractivity (Wildman–Crippen MR) is 113 cm³/mol. The predicted octanol–water partition coefficient (Wildman–Crippen LogP) is 4.79. The summed E-state index contributed by atoms with van der Waals surface area (Å²) in [5.41, 5.74) is 1.76. The zero-order chi connectivity index (χ0) is 21.5. The van der Waals surface area contributed by atoms with Gasteiger partial charge in [-0.3, -0.25) is 4.79 Å². The van der Waals surface area contributed by atoms with Crippen LogP contribution in [0.15, 0.2) is 44.6 Å². The first kappa shape index (κ1) is 20.3. The first-order valence-corrected chi connectivity index (χ1v) is 9.26. The van der Waals surface area contributed by atoms with Crippen molar-refractivity contribution in [2.24, 2.45) is 0 Å². The lowest BCUT2D eigenvalue weighted by Gasteiger charge is -2.12. The number of rotatable bonds is 4. The van der Waals surface area contributed by atoms with Crippen LogP contribution in [0.25, 0.3) is 21.9 Å². The highest BCUT2D eigenvalue weighted by molar-refractivity contribution is 5.99. The third-order valence-corrected chi connectivity index (χ3v) is 4.79. The summed E-state index contributed by atoms with van der Waals surface area (Å²) in [5.74, 6) is -1.21. The van der Waals surface area contributed by atoms with Gasteiger partial charge in [-0.1, -0.05) is 23.3 Å². The van der Waals surface area contributed by atoms with E-state index in [0.29, 0.717) is 5.56 Å². The van der Waals surface area contributed by atoms with Crippen molar-refractivity contribution in [2.45, 2.75) is 40.5 Å². The molecule has 1 heterocycles. The summed E-state index contributed by atoms with van der Waals surface area (Å²) in [6.45, 7) is 7.56. The van der Waals surface area contributed by atoms with Gasteiger partial charge in [0, 0.05) is 23.3 Å². The van der Waals surface area contributed by atoms with Gasteiger partial charge in [0.05, 0.1) is 5.39 Å². The zero-order valence-corrected chi connectivity index (χ0v) is 16.8. The van der Waals surface area contributed by atoms with Gasteiger partial charge >= 0.3 is 0 Å². The van der Waals surface area contributed by atoms with Crippen LogP contribution in [0.4, 0.5) is 0 Å². The van der Waals surface area contributed by atoms with E-state index in [1.165, 1.54) is 6.07 Å². The quantitative estimate of drug-likeness (QED) is 0.373. The molecule has 0 saturated carbocycles. The maximum absolute atomic E-state index is 13.3. The molecule has 6 heteroatoms. The van der Waals surface area contributed by atoms with E-state index in [9.17, 15) is 25.2 Å². The van der Waals surface area contributed by atoms with Crippen LogP contribution in [-0.4, -0.2) is 20.4 Å². The average Bonchev–Trinajstić information content (AvgIpc) is 2.61. The highest BCUT2D eigenvalue weighted by Crippen LogP contribution is 2.40. The van der Waals surface area contributed by atoms with E-state index in [2.05, 4.69) is 0 Å². The number of fused-ring (bicyclic) bond motifs is 2. The minimum Gasteiger partial charge on any atom is -0.507 e. The number of hydrogen-bond acceptors (Lipinski definition) is 6. The van der Waals surface area contributed by atoms with E-state index < -0.39 is 11.2 Å². The smallest absolute Gasteiger partial charge is 0.204 e. The Balaban J connectivity index is 2.44. The molecule has 0 aliphatic rings. The summed E-state index contributed by atoms with van der Waals surface area (Å²) in [5, 5.41) is 41.5. The first-order chi connectivity index (χ1) is 13.6. The molecule has 2 aromatic carbocycles. The molecule has 29 heavy (non-hydrogen) atoms. The number of benzene rings is 2. The van der Waals surface area contributed by atoms with Crippen LogP contribution < -0.4 is 5.43 Å². The Hall–Kier alpha value is -3.41. The molecule has 0 bridgehead atoms. The lowest BCUT2D eigenvalue weighted by Crippen LogP contribution is -2.07. The van der Waals surface area contributed by atoms with E-state index in [0.717, 1.165) is 17.2 Å². The van der Waals surface area contributed by atoms with Crippen molar-refractivity contribution in [3.8, 4) is 23.0 Å². The molecular formula is C23H24O6. The standard InChI is InChI=1S/C23H24O6/c1-11(2)5-7-13-15(24)9-17(26)23-19(13)22(28)20-18(29-23)10-16(25)14(21(20)27)8-6-12(3)4/h5-6,9-10,24-27H,7-8H2,1-4H3. The molecule has 0 amide bonds. The maximum atomic E-state index is 13.3. The SMILES string of the molecule is CC(C)=CCc1c(O)cc2oc3c(O)cc(O)c(CC=C(C)C)c3c(=O)c2c1O. The fourth-order valence-corrected chi connectivity index (χ4v) is 3.25. The molecule has 3 rings (SSSR count). The maximum Gasteiger partial charge on any atom is 0.204 e. The fourth-order valence-electron chi connectivity index (χ4n) is 3.25. The van der Waals surface area contributed by atoms with Crippen molar-refractivity contribution in [3.05, 3.63) is 56.8 Å². The summed E-state index contributed by atoms with van der Waals surface area (Å²) < 4.78 is 5.69. The Morgan fingerprint density at radius 3 is 1.97 bits per heavy atom. The van der Waals surface area contributed by atoms with Crippen molar-refractivity contribution >= 4 is 21.9 Å². The van der Waals surface area contributed by atoms with Gasteiger partial charge in [-0.25, -0.2) is 0 Å². The van der Waals surface area contributed by atoms with E-state index in [4.69, 9.17) is 4.42 Å². The van der Waals surface area contributed by atoms with E-state index >= 15 is 0 Å².